The third-order valence-corrected chi connectivity index (χ3v) is 3.41. The van der Waals surface area contributed by atoms with E-state index < -0.39 is 0 Å². The lowest BCUT2D eigenvalue weighted by Gasteiger charge is -2.37. The van der Waals surface area contributed by atoms with Gasteiger partial charge in [0.05, 0.1) is 6.42 Å². The van der Waals surface area contributed by atoms with Crippen LogP contribution >= 0.6 is 0 Å². The van der Waals surface area contributed by atoms with Gasteiger partial charge >= 0.3 is 0 Å². The van der Waals surface area contributed by atoms with E-state index >= 15 is 0 Å². The van der Waals surface area contributed by atoms with Crippen molar-refractivity contribution < 1.29 is 9.59 Å². The van der Waals surface area contributed by atoms with Crippen LogP contribution in [0.4, 0.5) is 0 Å². The van der Waals surface area contributed by atoms with Gasteiger partial charge in [-0.2, -0.15) is 0 Å². The normalized spacial score (nSPS) is 19.4. The maximum Gasteiger partial charge on any atom is 0.243 e. The molecule has 1 saturated heterocycles. The second-order valence-corrected chi connectivity index (χ2v) is 5.23. The summed E-state index contributed by atoms with van der Waals surface area (Å²) in [5, 5.41) is 2.83. The summed E-state index contributed by atoms with van der Waals surface area (Å²) in [7, 11) is 0. The molecule has 2 rings (SSSR count). The van der Waals surface area contributed by atoms with Crippen molar-refractivity contribution in [1.29, 1.82) is 0 Å². The highest BCUT2D eigenvalue weighted by Crippen LogP contribution is 2.15. The first kappa shape index (κ1) is 13.6. The van der Waals surface area contributed by atoms with E-state index in [4.69, 9.17) is 0 Å². The topological polar surface area (TPSA) is 49.4 Å². The lowest BCUT2D eigenvalue weighted by Crippen LogP contribution is -2.59. The molecule has 0 radical (unpaired) electrons. The molecule has 1 aromatic carbocycles. The lowest BCUT2D eigenvalue weighted by molar-refractivity contribution is -0.144. The van der Waals surface area contributed by atoms with Gasteiger partial charge in [-0.05, 0) is 11.5 Å². The standard InChI is InChI=1S/C15H20N2O2/c1-11(2)14-15(19)16-8-9-17(14)13(18)10-12-6-4-3-5-7-12/h3-7,11,14H,8-10H2,1-2H3,(H,16,19). The molecule has 1 aliphatic heterocycles. The Balaban J connectivity index is 2.10. The van der Waals surface area contributed by atoms with Gasteiger partial charge < -0.3 is 10.2 Å². The molecule has 1 unspecified atom stereocenters. The molecule has 4 heteroatoms. The zero-order valence-corrected chi connectivity index (χ0v) is 11.4. The Morgan fingerprint density at radius 3 is 2.68 bits per heavy atom. The predicted octanol–water partition coefficient (Wildman–Crippen LogP) is 1.21. The number of nitrogens with zero attached hydrogens (tertiary/aromatic N) is 1. The summed E-state index contributed by atoms with van der Waals surface area (Å²) in [6.07, 6.45) is 0.358. The quantitative estimate of drug-likeness (QED) is 0.888. The van der Waals surface area contributed by atoms with Gasteiger partial charge in [0.25, 0.3) is 0 Å². The van der Waals surface area contributed by atoms with Crippen LogP contribution in [0.3, 0.4) is 0 Å². The zero-order chi connectivity index (χ0) is 13.8. The minimum absolute atomic E-state index is 0.0275. The molecule has 1 atom stereocenters. The van der Waals surface area contributed by atoms with Gasteiger partial charge in [0.15, 0.2) is 0 Å². The number of benzene rings is 1. The van der Waals surface area contributed by atoms with E-state index in [-0.39, 0.29) is 23.8 Å². The van der Waals surface area contributed by atoms with E-state index in [0.717, 1.165) is 5.56 Å². The predicted molar refractivity (Wildman–Crippen MR) is 73.5 cm³/mol. The fraction of sp³-hybridized carbons (Fsp3) is 0.467. The Kier molecular flexibility index (Phi) is 4.20. The van der Waals surface area contributed by atoms with Gasteiger partial charge in [0, 0.05) is 13.1 Å². The summed E-state index contributed by atoms with van der Waals surface area (Å²) in [6.45, 7) is 5.08. The monoisotopic (exact) mass is 260 g/mol. The van der Waals surface area contributed by atoms with Crippen LogP contribution in [0.25, 0.3) is 0 Å². The van der Waals surface area contributed by atoms with Crippen molar-refractivity contribution in [2.45, 2.75) is 26.3 Å². The van der Waals surface area contributed by atoms with Crippen molar-refractivity contribution in [2.75, 3.05) is 13.1 Å². The average molecular weight is 260 g/mol. The number of piperazine rings is 1. The van der Waals surface area contributed by atoms with Gasteiger partial charge in [-0.15, -0.1) is 0 Å². The van der Waals surface area contributed by atoms with E-state index in [1.165, 1.54) is 0 Å². The molecule has 0 bridgehead atoms. The van der Waals surface area contributed by atoms with E-state index in [1.807, 2.05) is 44.2 Å². The minimum Gasteiger partial charge on any atom is -0.353 e. The largest absolute Gasteiger partial charge is 0.353 e. The first-order chi connectivity index (χ1) is 9.09. The Morgan fingerprint density at radius 2 is 2.05 bits per heavy atom. The lowest BCUT2D eigenvalue weighted by atomic mass is 9.98. The number of amides is 2. The Hall–Kier alpha value is -1.84. The van der Waals surface area contributed by atoms with Crippen molar-refractivity contribution in [2.24, 2.45) is 5.92 Å². The molecule has 102 valence electrons. The molecule has 1 aromatic rings. The molecule has 1 N–H and O–H groups in total. The van der Waals surface area contributed by atoms with Crippen LogP contribution in [-0.2, 0) is 16.0 Å². The summed E-state index contributed by atoms with van der Waals surface area (Å²) in [6, 6.07) is 9.30. The first-order valence-electron chi connectivity index (χ1n) is 6.70. The molecule has 1 fully saturated rings. The van der Waals surface area contributed by atoms with E-state index in [0.29, 0.717) is 19.5 Å². The summed E-state index contributed by atoms with van der Waals surface area (Å²) in [5.74, 6) is 0.113. The highest BCUT2D eigenvalue weighted by molar-refractivity contribution is 5.89. The molecule has 0 saturated carbocycles. The van der Waals surface area contributed by atoms with E-state index in [2.05, 4.69) is 5.32 Å². The average Bonchev–Trinajstić information content (AvgIpc) is 2.39. The molecule has 0 spiro atoms. The maximum atomic E-state index is 12.4. The molecule has 1 aliphatic rings. The minimum atomic E-state index is -0.343. The van der Waals surface area contributed by atoms with Crippen LogP contribution in [0.1, 0.15) is 19.4 Å². The van der Waals surface area contributed by atoms with Crippen LogP contribution in [0.15, 0.2) is 30.3 Å². The summed E-state index contributed by atoms with van der Waals surface area (Å²) in [4.78, 5) is 26.0. The molecule has 0 aliphatic carbocycles. The highest BCUT2D eigenvalue weighted by Gasteiger charge is 2.34. The maximum absolute atomic E-state index is 12.4. The molecule has 4 nitrogen and oxygen atoms in total. The summed E-state index contributed by atoms with van der Waals surface area (Å²) in [5.41, 5.74) is 0.987. The SMILES string of the molecule is CC(C)C1C(=O)NCCN1C(=O)Cc1ccccc1. The number of hydrogen-bond donors (Lipinski definition) is 1. The Bertz CT molecular complexity index is 456. The smallest absolute Gasteiger partial charge is 0.243 e. The molecule has 2 amide bonds. The molecular formula is C15H20N2O2. The third kappa shape index (κ3) is 3.13. The zero-order valence-electron chi connectivity index (χ0n) is 11.4. The van der Waals surface area contributed by atoms with Crippen molar-refractivity contribution in [1.82, 2.24) is 10.2 Å². The van der Waals surface area contributed by atoms with Crippen LogP contribution in [0, 0.1) is 5.92 Å². The van der Waals surface area contributed by atoms with Crippen LogP contribution < -0.4 is 5.32 Å². The summed E-state index contributed by atoms with van der Waals surface area (Å²) < 4.78 is 0. The second-order valence-electron chi connectivity index (χ2n) is 5.23. The van der Waals surface area contributed by atoms with Gasteiger partial charge in [-0.25, -0.2) is 0 Å². The fourth-order valence-electron chi connectivity index (χ4n) is 2.50. The van der Waals surface area contributed by atoms with Gasteiger partial charge in [0.1, 0.15) is 6.04 Å². The van der Waals surface area contributed by atoms with Gasteiger partial charge in [0.2, 0.25) is 11.8 Å². The Morgan fingerprint density at radius 1 is 1.37 bits per heavy atom. The molecule has 19 heavy (non-hydrogen) atoms. The second kappa shape index (κ2) is 5.87. The van der Waals surface area contributed by atoms with E-state index in [9.17, 15) is 9.59 Å². The Labute approximate surface area is 113 Å². The van der Waals surface area contributed by atoms with Crippen LogP contribution in [-0.4, -0.2) is 35.8 Å². The van der Waals surface area contributed by atoms with E-state index in [1.54, 1.807) is 4.90 Å². The number of rotatable bonds is 3. The van der Waals surface area contributed by atoms with Crippen LogP contribution in [0.2, 0.25) is 0 Å². The van der Waals surface area contributed by atoms with Crippen molar-refractivity contribution in [3.8, 4) is 0 Å². The number of carbonyl (C=O) groups is 2. The summed E-state index contributed by atoms with van der Waals surface area (Å²) >= 11 is 0. The van der Waals surface area contributed by atoms with Gasteiger partial charge in [-0.1, -0.05) is 44.2 Å². The molecule has 1 heterocycles. The van der Waals surface area contributed by atoms with Crippen molar-refractivity contribution in [3.05, 3.63) is 35.9 Å². The molecule has 0 aromatic heterocycles. The first-order valence-corrected chi connectivity index (χ1v) is 6.70. The highest BCUT2D eigenvalue weighted by atomic mass is 16.2. The van der Waals surface area contributed by atoms with Crippen molar-refractivity contribution >= 4 is 11.8 Å². The fourth-order valence-corrected chi connectivity index (χ4v) is 2.50. The number of hydrogen-bond acceptors (Lipinski definition) is 2. The van der Waals surface area contributed by atoms with Crippen LogP contribution in [0.5, 0.6) is 0 Å². The number of nitrogens with one attached hydrogen (secondary N) is 1. The van der Waals surface area contributed by atoms with Crippen molar-refractivity contribution in [3.63, 3.8) is 0 Å². The number of carbonyl (C=O) groups excluding carboxylic acids is 2. The molecular weight excluding hydrogens is 240 g/mol. The van der Waals surface area contributed by atoms with Gasteiger partial charge in [-0.3, -0.25) is 9.59 Å². The third-order valence-electron chi connectivity index (χ3n) is 3.41.